The molecule has 11 heteroatoms. The van der Waals surface area contributed by atoms with Crippen molar-refractivity contribution in [3.8, 4) is 23.0 Å². The Labute approximate surface area is 234 Å². The molecule has 0 N–H and O–H groups in total. The maximum Gasteiger partial charge on any atom is 0.416 e. The van der Waals surface area contributed by atoms with Gasteiger partial charge in [-0.15, -0.1) is 0 Å². The summed E-state index contributed by atoms with van der Waals surface area (Å²) >= 11 is 0. The number of pyridine rings is 1. The highest BCUT2D eigenvalue weighted by molar-refractivity contribution is 6.18. The van der Waals surface area contributed by atoms with Crippen molar-refractivity contribution in [2.24, 2.45) is 0 Å². The van der Waals surface area contributed by atoms with E-state index in [1.165, 1.54) is 14.2 Å². The molecule has 3 heterocycles. The van der Waals surface area contributed by atoms with Crippen LogP contribution in [0.15, 0.2) is 48.7 Å². The summed E-state index contributed by atoms with van der Waals surface area (Å²) in [6, 6.07) is 9.06. The van der Waals surface area contributed by atoms with Crippen LogP contribution < -0.4 is 23.5 Å². The van der Waals surface area contributed by atoms with Crippen LogP contribution in [0.4, 0.5) is 26.3 Å². The zero-order valence-electron chi connectivity index (χ0n) is 22.3. The highest BCUT2D eigenvalue weighted by Crippen LogP contribution is 2.48. The van der Waals surface area contributed by atoms with Crippen LogP contribution in [0.2, 0.25) is 0 Å². The van der Waals surface area contributed by atoms with E-state index < -0.39 is 23.5 Å². The van der Waals surface area contributed by atoms with Gasteiger partial charge in [0, 0.05) is 17.2 Å². The maximum atomic E-state index is 13.7. The maximum absolute atomic E-state index is 13.7. The number of halogens is 6. The van der Waals surface area contributed by atoms with Gasteiger partial charge in [-0.3, -0.25) is 0 Å². The fourth-order valence-corrected chi connectivity index (χ4v) is 6.25. The Balaban J connectivity index is 1.58. The van der Waals surface area contributed by atoms with Crippen LogP contribution in [0.3, 0.4) is 0 Å². The third-order valence-corrected chi connectivity index (χ3v) is 7.99. The molecule has 0 fully saturated rings. The first-order valence-corrected chi connectivity index (χ1v) is 13.0. The average molecular weight is 587 g/mol. The quantitative estimate of drug-likeness (QED) is 0.125. The zero-order valence-corrected chi connectivity index (χ0v) is 22.3. The Hall–Kier alpha value is -4.41. The number of rotatable bonds is 4. The predicted molar refractivity (Wildman–Crippen MR) is 141 cm³/mol. The van der Waals surface area contributed by atoms with Crippen molar-refractivity contribution >= 4 is 32.4 Å². The van der Waals surface area contributed by atoms with Crippen molar-refractivity contribution in [1.29, 1.82) is 0 Å². The second-order valence-electron chi connectivity index (χ2n) is 10.4. The van der Waals surface area contributed by atoms with Crippen molar-refractivity contribution in [2.45, 2.75) is 31.7 Å². The van der Waals surface area contributed by atoms with Crippen molar-refractivity contribution < 1.29 is 49.9 Å². The van der Waals surface area contributed by atoms with Crippen LogP contribution >= 0.6 is 0 Å². The topological polar surface area (TPSA) is 40.8 Å². The second-order valence-corrected chi connectivity index (χ2v) is 10.4. The Morgan fingerprint density at radius 3 is 2.21 bits per heavy atom. The number of hydrogen-bond donors (Lipinski definition) is 0. The van der Waals surface area contributed by atoms with Crippen LogP contribution in [0.1, 0.15) is 27.8 Å². The summed E-state index contributed by atoms with van der Waals surface area (Å²) in [6.07, 6.45) is -7.50. The molecule has 0 amide bonds. The van der Waals surface area contributed by atoms with E-state index in [0.29, 0.717) is 46.9 Å². The molecule has 0 spiro atoms. The minimum atomic E-state index is -4.95. The summed E-state index contributed by atoms with van der Waals surface area (Å²) in [6.45, 7) is 0.596. The molecule has 2 aliphatic rings. The number of aromatic nitrogens is 1. The third kappa shape index (κ3) is 3.97. The molecule has 0 saturated heterocycles. The Kier molecular flexibility index (Phi) is 5.70. The summed E-state index contributed by atoms with van der Waals surface area (Å²) in [5.41, 5.74) is -0.480. The summed E-state index contributed by atoms with van der Waals surface area (Å²) in [7, 11) is 3.07. The fraction of sp³-hybridized carbons (Fsp3) is 0.258. The molecule has 0 atom stereocenters. The Bertz CT molecular complexity index is 1920. The van der Waals surface area contributed by atoms with Gasteiger partial charge < -0.3 is 18.9 Å². The lowest BCUT2D eigenvalue weighted by molar-refractivity contribution is -0.670. The van der Waals surface area contributed by atoms with E-state index in [9.17, 15) is 26.3 Å². The van der Waals surface area contributed by atoms with Gasteiger partial charge in [-0.25, -0.2) is 0 Å². The van der Waals surface area contributed by atoms with E-state index in [0.717, 1.165) is 44.8 Å². The van der Waals surface area contributed by atoms with Crippen LogP contribution in [0.25, 0.3) is 32.4 Å². The SMILES string of the molecule is COc1ccc2c(c[n+]3c4c2cc(Cc2cc(C(F)(F)F)cc(C(F)(F)F)c2)c2c5c(cc(c24)CC3)OCO5)c1OC. The first-order chi connectivity index (χ1) is 20.0. The van der Waals surface area contributed by atoms with Gasteiger partial charge in [-0.05, 0) is 65.6 Å². The molecule has 5 aromatic rings. The molecule has 42 heavy (non-hydrogen) atoms. The number of nitrogens with zero attached hydrogens (tertiary/aromatic N) is 1. The minimum absolute atomic E-state index is 0.0398. The molecule has 0 bridgehead atoms. The molecule has 0 aliphatic carbocycles. The van der Waals surface area contributed by atoms with E-state index in [1.54, 1.807) is 6.07 Å². The molecule has 0 unspecified atom stereocenters. The van der Waals surface area contributed by atoms with Gasteiger partial charge in [-0.2, -0.15) is 30.9 Å². The van der Waals surface area contributed by atoms with E-state index >= 15 is 0 Å². The first-order valence-electron chi connectivity index (χ1n) is 13.0. The average Bonchev–Trinajstić information content (AvgIpc) is 3.42. The predicted octanol–water partition coefficient (Wildman–Crippen LogP) is 7.36. The van der Waals surface area contributed by atoms with Gasteiger partial charge >= 0.3 is 12.4 Å². The van der Waals surface area contributed by atoms with Gasteiger partial charge in [0.2, 0.25) is 12.3 Å². The number of hydrogen-bond acceptors (Lipinski definition) is 4. The zero-order chi connectivity index (χ0) is 29.6. The standard InChI is InChI=1S/C31H22F6NO4/c1-39-23-4-3-20-21-10-17(7-15-8-18(30(32,33)34)12-19(9-15)31(35,36)37)26-25-16(11-24-29(26)42-14-41-24)5-6-38(27(21)25)13-22(20)28(23)40-2/h3-4,8-13H,5-7,14H2,1-2H3/q+1. The number of benzene rings is 4. The van der Waals surface area contributed by atoms with Crippen LogP contribution in [0, 0.1) is 0 Å². The van der Waals surface area contributed by atoms with Crippen molar-refractivity contribution in [3.05, 3.63) is 76.5 Å². The van der Waals surface area contributed by atoms with Crippen LogP contribution in [-0.2, 0) is 31.7 Å². The van der Waals surface area contributed by atoms with Crippen molar-refractivity contribution in [3.63, 3.8) is 0 Å². The Morgan fingerprint density at radius 2 is 1.55 bits per heavy atom. The third-order valence-electron chi connectivity index (χ3n) is 7.99. The molecule has 216 valence electrons. The van der Waals surface area contributed by atoms with E-state index in [2.05, 4.69) is 4.57 Å². The number of fused-ring (bicyclic) bond motifs is 4. The number of aryl methyl sites for hydroxylation is 2. The van der Waals surface area contributed by atoms with Crippen LogP contribution in [0.5, 0.6) is 23.0 Å². The van der Waals surface area contributed by atoms with Gasteiger partial charge in [0.25, 0.3) is 0 Å². The highest BCUT2D eigenvalue weighted by atomic mass is 19.4. The monoisotopic (exact) mass is 586 g/mol. The second kappa shape index (κ2) is 9.04. The highest BCUT2D eigenvalue weighted by Gasteiger charge is 2.37. The Morgan fingerprint density at radius 1 is 0.810 bits per heavy atom. The van der Waals surface area contributed by atoms with Crippen LogP contribution in [-0.4, -0.2) is 21.0 Å². The largest absolute Gasteiger partial charge is 0.493 e. The lowest BCUT2D eigenvalue weighted by atomic mass is 9.87. The summed E-state index contributed by atoms with van der Waals surface area (Å²) < 4.78 is 107. The van der Waals surface area contributed by atoms with Crippen molar-refractivity contribution in [1.82, 2.24) is 0 Å². The van der Waals surface area contributed by atoms with Gasteiger partial charge in [0.1, 0.15) is 0 Å². The summed E-state index contributed by atoms with van der Waals surface area (Å²) in [4.78, 5) is 0. The first kappa shape index (κ1) is 26.5. The number of methoxy groups -OCH3 is 2. The van der Waals surface area contributed by atoms with Crippen molar-refractivity contribution in [2.75, 3.05) is 21.0 Å². The smallest absolute Gasteiger partial charge is 0.416 e. The normalized spacial score (nSPS) is 14.4. The molecule has 0 saturated carbocycles. The van der Waals surface area contributed by atoms with E-state index in [-0.39, 0.29) is 24.8 Å². The molecular formula is C31H22F6NO4+. The van der Waals surface area contributed by atoms with Gasteiger partial charge in [-0.1, -0.05) is 0 Å². The minimum Gasteiger partial charge on any atom is -0.493 e. The molecule has 0 radical (unpaired) electrons. The van der Waals surface area contributed by atoms with E-state index in [4.69, 9.17) is 18.9 Å². The van der Waals surface area contributed by atoms with Gasteiger partial charge in [0.15, 0.2) is 35.7 Å². The number of ether oxygens (including phenoxy) is 4. The number of alkyl halides is 6. The van der Waals surface area contributed by atoms with Gasteiger partial charge in [0.05, 0.1) is 41.5 Å². The lowest BCUT2D eigenvalue weighted by Gasteiger charge is -2.20. The molecule has 7 rings (SSSR count). The molecule has 2 aliphatic heterocycles. The van der Waals surface area contributed by atoms with E-state index in [1.807, 2.05) is 24.4 Å². The lowest BCUT2D eigenvalue weighted by Crippen LogP contribution is -2.38. The molecule has 5 nitrogen and oxygen atoms in total. The molecule has 4 aromatic carbocycles. The summed E-state index contributed by atoms with van der Waals surface area (Å²) in [5, 5.41) is 3.79. The molecular weight excluding hydrogens is 564 g/mol. The summed E-state index contributed by atoms with van der Waals surface area (Å²) in [5.74, 6) is 1.97. The fourth-order valence-electron chi connectivity index (χ4n) is 6.25. The molecule has 1 aromatic heterocycles.